The van der Waals surface area contributed by atoms with Gasteiger partial charge in [0.1, 0.15) is 0 Å². The Morgan fingerprint density at radius 3 is 3.00 bits per heavy atom. The highest BCUT2D eigenvalue weighted by Gasteiger charge is 2.39. The van der Waals surface area contributed by atoms with Gasteiger partial charge in [0.05, 0.1) is 36.1 Å². The minimum atomic E-state index is -0.728. The average Bonchev–Trinajstić information content (AvgIpc) is 2.71. The Kier molecular flexibility index (Phi) is 2.00. The summed E-state index contributed by atoms with van der Waals surface area (Å²) >= 11 is 0. The lowest BCUT2D eigenvalue weighted by molar-refractivity contribution is -0.0668. The Hall–Kier alpha value is -1.88. The molecule has 2 heterocycles. The van der Waals surface area contributed by atoms with E-state index in [1.54, 1.807) is 30.3 Å². The van der Waals surface area contributed by atoms with Crippen LogP contribution in [-0.4, -0.2) is 44.6 Å². The Morgan fingerprint density at radius 1 is 1.53 bits per heavy atom. The van der Waals surface area contributed by atoms with Crippen molar-refractivity contribution >= 4 is 16.9 Å². The van der Waals surface area contributed by atoms with Crippen LogP contribution in [-0.2, 0) is 0 Å². The smallest absolute Gasteiger partial charge is 0.254 e. The van der Waals surface area contributed by atoms with Crippen molar-refractivity contribution in [3.8, 4) is 0 Å². The normalized spacial score (nSPS) is 18.1. The van der Waals surface area contributed by atoms with E-state index in [2.05, 4.69) is 9.97 Å². The lowest BCUT2D eigenvalue weighted by Gasteiger charge is -2.44. The number of aromatic nitrogens is 2. The number of carbonyl (C=O) groups is 1. The first-order valence-electron chi connectivity index (χ1n) is 5.50. The number of likely N-dealkylation sites (tertiary alicyclic amines) is 1. The van der Waals surface area contributed by atoms with E-state index in [1.807, 2.05) is 6.07 Å². The van der Waals surface area contributed by atoms with Crippen molar-refractivity contribution < 1.29 is 9.90 Å². The van der Waals surface area contributed by atoms with Crippen molar-refractivity contribution in [1.29, 1.82) is 0 Å². The van der Waals surface area contributed by atoms with Crippen molar-refractivity contribution in [3.05, 3.63) is 30.1 Å². The lowest BCUT2D eigenvalue weighted by atomic mass is 9.96. The molecule has 1 aliphatic heterocycles. The van der Waals surface area contributed by atoms with Crippen LogP contribution in [0.25, 0.3) is 11.0 Å². The van der Waals surface area contributed by atoms with Gasteiger partial charge in [-0.05, 0) is 25.1 Å². The molecule has 1 aliphatic rings. The molecule has 1 fully saturated rings. The highest BCUT2D eigenvalue weighted by molar-refractivity contribution is 5.97. The van der Waals surface area contributed by atoms with Crippen LogP contribution in [0.3, 0.4) is 0 Å². The van der Waals surface area contributed by atoms with Crippen LogP contribution in [0.15, 0.2) is 24.5 Å². The molecule has 88 valence electrons. The molecule has 0 unspecified atom stereocenters. The summed E-state index contributed by atoms with van der Waals surface area (Å²) in [5.41, 5.74) is 1.59. The number of nitrogens with zero attached hydrogens (tertiary/aromatic N) is 2. The number of hydrogen-bond donors (Lipinski definition) is 2. The van der Waals surface area contributed by atoms with Gasteiger partial charge >= 0.3 is 0 Å². The summed E-state index contributed by atoms with van der Waals surface area (Å²) in [6, 6.07) is 5.37. The third kappa shape index (κ3) is 1.68. The van der Waals surface area contributed by atoms with Gasteiger partial charge in [-0.15, -0.1) is 0 Å². The minimum absolute atomic E-state index is 0.0481. The molecule has 0 radical (unpaired) electrons. The summed E-state index contributed by atoms with van der Waals surface area (Å²) in [6.07, 6.45) is 1.60. The summed E-state index contributed by atoms with van der Waals surface area (Å²) in [5, 5.41) is 9.61. The van der Waals surface area contributed by atoms with Gasteiger partial charge in [0.2, 0.25) is 0 Å². The van der Waals surface area contributed by atoms with E-state index in [9.17, 15) is 9.90 Å². The fourth-order valence-corrected chi connectivity index (χ4v) is 2.17. The highest BCUT2D eigenvalue weighted by Crippen LogP contribution is 2.23. The van der Waals surface area contributed by atoms with E-state index in [0.29, 0.717) is 18.7 Å². The molecule has 1 saturated heterocycles. The maximum Gasteiger partial charge on any atom is 0.254 e. The first kappa shape index (κ1) is 10.3. The molecular weight excluding hydrogens is 218 g/mol. The second kappa shape index (κ2) is 3.30. The molecule has 5 heteroatoms. The Morgan fingerprint density at radius 2 is 2.29 bits per heavy atom. The minimum Gasteiger partial charge on any atom is -0.386 e. The van der Waals surface area contributed by atoms with E-state index in [-0.39, 0.29) is 5.91 Å². The van der Waals surface area contributed by atoms with Crippen molar-refractivity contribution in [2.75, 3.05) is 13.1 Å². The Labute approximate surface area is 98.1 Å². The zero-order valence-electron chi connectivity index (χ0n) is 9.47. The molecule has 1 amide bonds. The molecule has 0 saturated carbocycles. The monoisotopic (exact) mass is 231 g/mol. The number of benzene rings is 1. The Balaban J connectivity index is 1.86. The zero-order valence-corrected chi connectivity index (χ0v) is 9.47. The van der Waals surface area contributed by atoms with Crippen LogP contribution in [0.5, 0.6) is 0 Å². The van der Waals surface area contributed by atoms with Crippen molar-refractivity contribution in [3.63, 3.8) is 0 Å². The van der Waals surface area contributed by atoms with Gasteiger partial charge in [0.25, 0.3) is 5.91 Å². The number of fused-ring (bicyclic) bond motifs is 1. The summed E-state index contributed by atoms with van der Waals surface area (Å²) in [4.78, 5) is 20.8. The van der Waals surface area contributed by atoms with E-state index < -0.39 is 5.60 Å². The van der Waals surface area contributed by atoms with Crippen LogP contribution >= 0.6 is 0 Å². The number of β-amino-alcohol motifs (C(OH)–C–C–N with tert-alkyl or cyclic N) is 1. The third-order valence-electron chi connectivity index (χ3n) is 3.02. The zero-order chi connectivity index (χ0) is 12.0. The molecule has 5 nitrogen and oxygen atoms in total. The number of carbonyl (C=O) groups excluding carboxylic acids is 1. The largest absolute Gasteiger partial charge is 0.386 e. The van der Waals surface area contributed by atoms with Gasteiger partial charge in [-0.1, -0.05) is 0 Å². The number of hydrogen-bond acceptors (Lipinski definition) is 3. The van der Waals surface area contributed by atoms with Crippen molar-refractivity contribution in [1.82, 2.24) is 14.9 Å². The van der Waals surface area contributed by atoms with Gasteiger partial charge in [-0.25, -0.2) is 4.98 Å². The number of nitrogens with one attached hydrogen (secondary N) is 1. The molecule has 17 heavy (non-hydrogen) atoms. The summed E-state index contributed by atoms with van der Waals surface area (Å²) in [5.74, 6) is -0.0481. The van der Waals surface area contributed by atoms with Crippen LogP contribution in [0.2, 0.25) is 0 Å². The quantitative estimate of drug-likeness (QED) is 0.761. The molecule has 1 aromatic carbocycles. The average molecular weight is 231 g/mol. The van der Waals surface area contributed by atoms with Gasteiger partial charge in [-0.2, -0.15) is 0 Å². The van der Waals surface area contributed by atoms with E-state index in [1.165, 1.54) is 0 Å². The highest BCUT2D eigenvalue weighted by atomic mass is 16.3. The number of aromatic amines is 1. The molecule has 2 N–H and O–H groups in total. The Bertz CT molecular complexity index is 580. The van der Waals surface area contributed by atoms with Crippen molar-refractivity contribution in [2.24, 2.45) is 0 Å². The predicted molar refractivity (Wildman–Crippen MR) is 62.6 cm³/mol. The van der Waals surface area contributed by atoms with Gasteiger partial charge in [0.15, 0.2) is 0 Å². The van der Waals surface area contributed by atoms with Crippen LogP contribution in [0.4, 0.5) is 0 Å². The number of H-pyrrole nitrogens is 1. The SMILES string of the molecule is CC1(O)CN(C(=O)c2ccc3nc[nH]c3c2)C1. The maximum atomic E-state index is 12.1. The number of imidazole rings is 1. The molecule has 0 bridgehead atoms. The summed E-state index contributed by atoms with van der Waals surface area (Å²) in [6.45, 7) is 2.52. The second-order valence-corrected chi connectivity index (χ2v) is 4.79. The van der Waals surface area contributed by atoms with E-state index in [4.69, 9.17) is 0 Å². The molecule has 0 atom stereocenters. The van der Waals surface area contributed by atoms with Crippen LogP contribution in [0.1, 0.15) is 17.3 Å². The van der Waals surface area contributed by atoms with Gasteiger partial charge < -0.3 is 15.0 Å². The first-order chi connectivity index (χ1) is 8.05. The van der Waals surface area contributed by atoms with E-state index >= 15 is 0 Å². The molecule has 2 aromatic rings. The number of aliphatic hydroxyl groups is 1. The topological polar surface area (TPSA) is 69.2 Å². The predicted octanol–water partition coefficient (Wildman–Crippen LogP) is 0.770. The van der Waals surface area contributed by atoms with Crippen LogP contribution < -0.4 is 0 Å². The first-order valence-corrected chi connectivity index (χ1v) is 5.50. The molecular formula is C12H13N3O2. The maximum absolute atomic E-state index is 12.1. The molecule has 0 spiro atoms. The number of rotatable bonds is 1. The second-order valence-electron chi connectivity index (χ2n) is 4.79. The van der Waals surface area contributed by atoms with Crippen LogP contribution in [0, 0.1) is 0 Å². The molecule has 0 aliphatic carbocycles. The number of amides is 1. The fraction of sp³-hybridized carbons (Fsp3) is 0.333. The van der Waals surface area contributed by atoms with Gasteiger partial charge in [0, 0.05) is 5.56 Å². The summed E-state index contributed by atoms with van der Waals surface area (Å²) < 4.78 is 0. The molecule has 3 rings (SSSR count). The fourth-order valence-electron chi connectivity index (χ4n) is 2.17. The third-order valence-corrected chi connectivity index (χ3v) is 3.02. The van der Waals surface area contributed by atoms with Crippen molar-refractivity contribution in [2.45, 2.75) is 12.5 Å². The summed E-state index contributed by atoms with van der Waals surface area (Å²) in [7, 11) is 0. The van der Waals surface area contributed by atoms with E-state index in [0.717, 1.165) is 11.0 Å². The molecule has 1 aromatic heterocycles. The van der Waals surface area contributed by atoms with Gasteiger partial charge in [-0.3, -0.25) is 4.79 Å². The standard InChI is InChI=1S/C12H13N3O2/c1-12(17)5-15(6-12)11(16)8-2-3-9-10(4-8)14-7-13-9/h2-4,7,17H,5-6H2,1H3,(H,13,14). The lowest BCUT2D eigenvalue weighted by Crippen LogP contribution is -2.61.